The van der Waals surface area contributed by atoms with Gasteiger partial charge >= 0.3 is 0 Å². The molecule has 0 spiro atoms. The number of hydrogen-bond acceptors (Lipinski definition) is 5. The average Bonchev–Trinajstić information content (AvgIpc) is 3.24. The van der Waals surface area contributed by atoms with E-state index in [2.05, 4.69) is 5.10 Å². The van der Waals surface area contributed by atoms with Crippen LogP contribution in [0.15, 0.2) is 52.2 Å². The van der Waals surface area contributed by atoms with E-state index in [1.54, 1.807) is 12.3 Å². The van der Waals surface area contributed by atoms with E-state index in [9.17, 15) is 14.7 Å². The number of hydrogen-bond donors (Lipinski definition) is 0. The fourth-order valence-corrected chi connectivity index (χ4v) is 2.86. The van der Waals surface area contributed by atoms with Crippen molar-refractivity contribution in [2.24, 2.45) is 5.10 Å². The van der Waals surface area contributed by atoms with Crippen molar-refractivity contribution >= 4 is 17.6 Å². The Hall–Kier alpha value is -2.89. The lowest BCUT2D eigenvalue weighted by Crippen LogP contribution is -2.27. The molecule has 1 aromatic carbocycles. The maximum absolute atomic E-state index is 12.5. The lowest BCUT2D eigenvalue weighted by Gasteiger charge is -2.19. The Kier molecular flexibility index (Phi) is 4.97. The number of carboxylic acid groups (broad SMARTS) is 1. The molecule has 0 radical (unpaired) electrons. The van der Waals surface area contributed by atoms with Gasteiger partial charge in [0.1, 0.15) is 11.8 Å². The molecule has 1 aromatic heterocycles. The first-order valence-corrected chi connectivity index (χ1v) is 8.24. The van der Waals surface area contributed by atoms with Crippen molar-refractivity contribution < 1.29 is 19.1 Å². The summed E-state index contributed by atoms with van der Waals surface area (Å²) >= 11 is 0. The zero-order chi connectivity index (χ0) is 17.8. The third kappa shape index (κ3) is 3.96. The number of carbonyl (C=O) groups is 2. The highest BCUT2D eigenvalue weighted by Gasteiger charge is 2.34. The van der Waals surface area contributed by atoms with Crippen molar-refractivity contribution in [3.63, 3.8) is 0 Å². The van der Waals surface area contributed by atoms with Crippen LogP contribution in [0.1, 0.15) is 48.6 Å². The predicted molar refractivity (Wildman–Crippen MR) is 89.5 cm³/mol. The topological polar surface area (TPSA) is 85.9 Å². The Morgan fingerprint density at radius 1 is 1.24 bits per heavy atom. The average molecular weight is 339 g/mol. The van der Waals surface area contributed by atoms with Crippen LogP contribution < -0.4 is 5.11 Å². The molecule has 130 valence electrons. The molecule has 0 bridgehead atoms. The van der Waals surface area contributed by atoms with Gasteiger partial charge in [-0.05, 0) is 37.5 Å². The Labute approximate surface area is 145 Å². The monoisotopic (exact) mass is 339 g/mol. The van der Waals surface area contributed by atoms with E-state index in [0.717, 1.165) is 16.8 Å². The third-order valence-corrected chi connectivity index (χ3v) is 4.19. The quantitative estimate of drug-likeness (QED) is 0.807. The highest BCUT2D eigenvalue weighted by molar-refractivity contribution is 6.03. The predicted octanol–water partition coefficient (Wildman–Crippen LogP) is 2.19. The third-order valence-electron chi connectivity index (χ3n) is 4.19. The minimum atomic E-state index is -1.15. The van der Waals surface area contributed by atoms with E-state index >= 15 is 0 Å². The maximum Gasteiger partial charge on any atom is 0.243 e. The minimum Gasteiger partial charge on any atom is -0.550 e. The van der Waals surface area contributed by atoms with Gasteiger partial charge in [0.05, 0.1) is 12.0 Å². The molecular weight excluding hydrogens is 320 g/mol. The second-order valence-corrected chi connectivity index (χ2v) is 6.11. The largest absolute Gasteiger partial charge is 0.550 e. The Bertz CT molecular complexity index is 778. The molecule has 1 amide bonds. The fourth-order valence-electron chi connectivity index (χ4n) is 2.86. The van der Waals surface area contributed by atoms with Crippen LogP contribution >= 0.6 is 0 Å². The van der Waals surface area contributed by atoms with Crippen LogP contribution in [0.3, 0.4) is 0 Å². The minimum absolute atomic E-state index is 0.107. The van der Waals surface area contributed by atoms with Crippen molar-refractivity contribution in [3.8, 4) is 0 Å². The molecule has 1 aliphatic rings. The van der Waals surface area contributed by atoms with Gasteiger partial charge < -0.3 is 14.3 Å². The number of aryl methyl sites for hydroxylation is 1. The van der Waals surface area contributed by atoms with Gasteiger partial charge in [-0.3, -0.25) is 4.79 Å². The van der Waals surface area contributed by atoms with Crippen molar-refractivity contribution in [2.75, 3.05) is 0 Å². The van der Waals surface area contributed by atoms with Gasteiger partial charge in [-0.2, -0.15) is 5.10 Å². The van der Waals surface area contributed by atoms with Crippen LogP contribution in [0.4, 0.5) is 0 Å². The van der Waals surface area contributed by atoms with Crippen LogP contribution in [0, 0.1) is 6.92 Å². The second-order valence-electron chi connectivity index (χ2n) is 6.11. The number of aliphatic carboxylic acids is 1. The Balaban J connectivity index is 1.80. The van der Waals surface area contributed by atoms with Gasteiger partial charge in [0.25, 0.3) is 0 Å². The lowest BCUT2D eigenvalue weighted by molar-refractivity contribution is -0.305. The molecule has 0 aliphatic carbocycles. The molecule has 3 rings (SSSR count). The summed E-state index contributed by atoms with van der Waals surface area (Å²) in [5.74, 6) is -0.704. The van der Waals surface area contributed by atoms with Crippen LogP contribution in [0.5, 0.6) is 0 Å². The standard InChI is InChI=1S/C19H20N2O4/c1-13-7-9-14(10-8-13)15-12-16(17-4-3-11-25-17)21(20-15)18(22)5-2-6-19(23)24/h3-4,7-11,16H,2,5-6,12H2,1H3,(H,23,24)/p-1. The molecule has 6 nitrogen and oxygen atoms in total. The number of hydrazone groups is 1. The van der Waals surface area contributed by atoms with E-state index < -0.39 is 5.97 Å². The number of benzene rings is 1. The molecular formula is C19H19N2O4-. The second kappa shape index (κ2) is 7.34. The van der Waals surface area contributed by atoms with Crippen molar-refractivity contribution in [1.29, 1.82) is 0 Å². The summed E-state index contributed by atoms with van der Waals surface area (Å²) in [5.41, 5.74) is 2.93. The molecule has 0 fully saturated rings. The summed E-state index contributed by atoms with van der Waals surface area (Å²) in [6.07, 6.45) is 2.33. The summed E-state index contributed by atoms with van der Waals surface area (Å²) in [4.78, 5) is 23.1. The SMILES string of the molecule is Cc1ccc(C2=NN(C(=O)CCCC(=O)[O-])C(c3ccco3)C2)cc1. The number of carbonyl (C=O) groups excluding carboxylic acids is 2. The molecule has 1 unspecified atom stereocenters. The summed E-state index contributed by atoms with van der Waals surface area (Å²) in [6, 6.07) is 11.3. The van der Waals surface area contributed by atoms with Crippen LogP contribution in [-0.4, -0.2) is 22.6 Å². The fraction of sp³-hybridized carbons (Fsp3) is 0.316. The highest BCUT2D eigenvalue weighted by atomic mass is 16.4. The molecule has 0 N–H and O–H groups in total. The number of amides is 1. The van der Waals surface area contributed by atoms with Crippen LogP contribution in [0.2, 0.25) is 0 Å². The molecule has 6 heteroatoms. The van der Waals surface area contributed by atoms with Gasteiger partial charge in [-0.25, -0.2) is 5.01 Å². The van der Waals surface area contributed by atoms with Crippen LogP contribution in [0.25, 0.3) is 0 Å². The van der Waals surface area contributed by atoms with E-state index in [-0.39, 0.29) is 31.2 Å². The summed E-state index contributed by atoms with van der Waals surface area (Å²) in [6.45, 7) is 2.01. The van der Waals surface area contributed by atoms with Gasteiger partial charge in [-0.1, -0.05) is 29.8 Å². The Morgan fingerprint density at radius 2 is 2.00 bits per heavy atom. The van der Waals surface area contributed by atoms with Gasteiger partial charge in [0.2, 0.25) is 5.91 Å². The van der Waals surface area contributed by atoms with Gasteiger partial charge in [-0.15, -0.1) is 0 Å². The lowest BCUT2D eigenvalue weighted by atomic mass is 10.0. The van der Waals surface area contributed by atoms with Crippen molar-refractivity contribution in [2.45, 2.75) is 38.6 Å². The molecule has 0 saturated heterocycles. The van der Waals surface area contributed by atoms with Gasteiger partial charge in [0, 0.05) is 18.8 Å². The first-order chi connectivity index (χ1) is 12.0. The molecule has 2 heterocycles. The maximum atomic E-state index is 12.5. The van der Waals surface area contributed by atoms with E-state index in [1.165, 1.54) is 5.01 Å². The molecule has 2 aromatic rings. The molecule has 1 atom stereocenters. The zero-order valence-corrected chi connectivity index (χ0v) is 14.0. The molecule has 0 saturated carbocycles. The summed E-state index contributed by atoms with van der Waals surface area (Å²) < 4.78 is 5.47. The zero-order valence-electron chi connectivity index (χ0n) is 14.0. The van der Waals surface area contributed by atoms with Gasteiger partial charge in [0.15, 0.2) is 0 Å². The Morgan fingerprint density at radius 3 is 2.64 bits per heavy atom. The number of rotatable bonds is 6. The van der Waals surface area contributed by atoms with Crippen LogP contribution in [-0.2, 0) is 9.59 Å². The number of furan rings is 1. The summed E-state index contributed by atoms with van der Waals surface area (Å²) in [5, 5.41) is 16.5. The normalized spacial score (nSPS) is 16.8. The summed E-state index contributed by atoms with van der Waals surface area (Å²) in [7, 11) is 0. The van der Waals surface area contributed by atoms with E-state index in [0.29, 0.717) is 12.2 Å². The first-order valence-electron chi connectivity index (χ1n) is 8.24. The van der Waals surface area contributed by atoms with Crippen molar-refractivity contribution in [3.05, 3.63) is 59.5 Å². The molecule has 25 heavy (non-hydrogen) atoms. The highest BCUT2D eigenvalue weighted by Crippen LogP contribution is 2.33. The number of carboxylic acids is 1. The smallest absolute Gasteiger partial charge is 0.243 e. The van der Waals surface area contributed by atoms with Crippen molar-refractivity contribution in [1.82, 2.24) is 5.01 Å². The van der Waals surface area contributed by atoms with E-state index in [4.69, 9.17) is 4.42 Å². The first kappa shape index (κ1) is 17.0. The van der Waals surface area contributed by atoms with E-state index in [1.807, 2.05) is 37.3 Å². The molecule has 1 aliphatic heterocycles. The number of nitrogens with zero attached hydrogens (tertiary/aromatic N) is 2.